The molecule has 0 aliphatic carbocycles. The molecule has 0 amide bonds. The minimum atomic E-state index is -3.71. The van der Waals surface area contributed by atoms with Crippen LogP contribution < -0.4 is 0 Å². The van der Waals surface area contributed by atoms with E-state index in [0.29, 0.717) is 5.56 Å². The molecule has 0 fully saturated rings. The van der Waals surface area contributed by atoms with Crippen LogP contribution in [0.25, 0.3) is 6.08 Å². The molecule has 0 aromatic heterocycles. The molecule has 2 aromatic rings. The Morgan fingerprint density at radius 1 is 1.00 bits per heavy atom. The van der Waals surface area contributed by atoms with Crippen LogP contribution in [0.5, 0.6) is 0 Å². The molecular formula is C14H10ClFO2S. The predicted octanol–water partition coefficient (Wildman–Crippen LogP) is 3.84. The molecule has 0 bridgehead atoms. The second-order valence-electron chi connectivity index (χ2n) is 3.82. The van der Waals surface area contributed by atoms with Crippen LogP contribution in [0.2, 0.25) is 0 Å². The van der Waals surface area contributed by atoms with Gasteiger partial charge in [0, 0.05) is 0 Å². The lowest BCUT2D eigenvalue weighted by atomic mass is 10.2. The average Bonchev–Trinajstić information content (AvgIpc) is 2.42. The lowest BCUT2D eigenvalue weighted by Crippen LogP contribution is -2.00. The smallest absolute Gasteiger partial charge is 0.217 e. The first-order valence-corrected chi connectivity index (χ1v) is 7.29. The van der Waals surface area contributed by atoms with Gasteiger partial charge in [-0.05, 0) is 35.9 Å². The maximum Gasteiger partial charge on any atom is 0.217 e. The first-order valence-electron chi connectivity index (χ1n) is 5.43. The van der Waals surface area contributed by atoms with Crippen molar-refractivity contribution in [2.24, 2.45) is 0 Å². The highest BCUT2D eigenvalue weighted by molar-refractivity contribution is 7.97. The van der Waals surface area contributed by atoms with Gasteiger partial charge in [0.25, 0.3) is 0 Å². The maximum atomic E-state index is 12.8. The van der Waals surface area contributed by atoms with Gasteiger partial charge in [0.1, 0.15) is 10.2 Å². The van der Waals surface area contributed by atoms with Crippen LogP contribution in [-0.2, 0) is 9.84 Å². The van der Waals surface area contributed by atoms with Crippen molar-refractivity contribution in [2.45, 2.75) is 4.90 Å². The monoisotopic (exact) mass is 296 g/mol. The van der Waals surface area contributed by atoms with Crippen molar-refractivity contribution in [3.05, 3.63) is 70.3 Å². The fraction of sp³-hybridized carbons (Fsp3) is 0. The van der Waals surface area contributed by atoms with Crippen molar-refractivity contribution in [1.82, 2.24) is 0 Å². The average molecular weight is 297 g/mol. The number of sulfone groups is 1. The van der Waals surface area contributed by atoms with E-state index >= 15 is 0 Å². The highest BCUT2D eigenvalue weighted by Gasteiger charge is 2.18. The van der Waals surface area contributed by atoms with Crippen molar-refractivity contribution < 1.29 is 12.8 Å². The van der Waals surface area contributed by atoms with Crippen LogP contribution in [0.15, 0.2) is 63.9 Å². The van der Waals surface area contributed by atoms with Gasteiger partial charge < -0.3 is 0 Å². The van der Waals surface area contributed by atoms with E-state index in [1.165, 1.54) is 42.5 Å². The van der Waals surface area contributed by atoms with Crippen LogP contribution in [0.4, 0.5) is 4.39 Å². The SMILES string of the molecule is O=S(=O)(/C(Cl)=C/c1ccc(F)cc1)c1ccccc1. The first-order chi connectivity index (χ1) is 9.00. The second kappa shape index (κ2) is 5.55. The fourth-order valence-electron chi connectivity index (χ4n) is 1.48. The van der Waals surface area contributed by atoms with E-state index in [2.05, 4.69) is 0 Å². The van der Waals surface area contributed by atoms with Gasteiger partial charge >= 0.3 is 0 Å². The summed E-state index contributed by atoms with van der Waals surface area (Å²) in [6, 6.07) is 13.3. The Kier molecular flexibility index (Phi) is 4.02. The molecule has 0 spiro atoms. The van der Waals surface area contributed by atoms with E-state index in [9.17, 15) is 12.8 Å². The molecule has 0 saturated carbocycles. The zero-order valence-corrected chi connectivity index (χ0v) is 11.3. The molecule has 0 unspecified atom stereocenters. The quantitative estimate of drug-likeness (QED) is 0.862. The molecule has 0 radical (unpaired) electrons. The van der Waals surface area contributed by atoms with Crippen molar-refractivity contribution in [2.75, 3.05) is 0 Å². The Labute approximate surface area is 116 Å². The first kappa shape index (κ1) is 13.8. The second-order valence-corrected chi connectivity index (χ2v) is 6.37. The molecule has 19 heavy (non-hydrogen) atoms. The standard InChI is InChI=1S/C14H10ClFO2S/c15-14(10-11-6-8-12(16)9-7-11)19(17,18)13-4-2-1-3-5-13/h1-10H/b14-10+. The Balaban J connectivity index is 2.38. The molecule has 0 aliphatic rings. The van der Waals surface area contributed by atoms with E-state index in [1.54, 1.807) is 18.2 Å². The predicted molar refractivity (Wildman–Crippen MR) is 73.9 cm³/mol. The molecular weight excluding hydrogens is 287 g/mol. The number of halogens is 2. The highest BCUT2D eigenvalue weighted by Crippen LogP contribution is 2.24. The summed E-state index contributed by atoms with van der Waals surface area (Å²) in [5, 5.41) is 0. The summed E-state index contributed by atoms with van der Waals surface area (Å²) in [6.07, 6.45) is 1.29. The summed E-state index contributed by atoms with van der Waals surface area (Å²) in [4.78, 5) is 0.123. The molecule has 98 valence electrons. The van der Waals surface area contributed by atoms with Gasteiger partial charge in [-0.25, -0.2) is 12.8 Å². The van der Waals surface area contributed by atoms with Crippen molar-refractivity contribution >= 4 is 27.5 Å². The highest BCUT2D eigenvalue weighted by atomic mass is 35.5. The Bertz CT molecular complexity index is 692. The molecule has 0 aliphatic heterocycles. The van der Waals surface area contributed by atoms with Gasteiger partial charge in [-0.2, -0.15) is 0 Å². The zero-order valence-electron chi connectivity index (χ0n) is 9.75. The van der Waals surface area contributed by atoms with Crippen LogP contribution in [0, 0.1) is 5.82 Å². The molecule has 0 saturated heterocycles. The van der Waals surface area contributed by atoms with Crippen LogP contribution in [-0.4, -0.2) is 8.42 Å². The third-order valence-corrected chi connectivity index (χ3v) is 4.70. The van der Waals surface area contributed by atoms with E-state index < -0.39 is 9.84 Å². The van der Waals surface area contributed by atoms with Crippen molar-refractivity contribution in [1.29, 1.82) is 0 Å². The summed E-state index contributed by atoms with van der Waals surface area (Å²) in [5.41, 5.74) is 0.519. The molecule has 0 heterocycles. The number of rotatable bonds is 3. The summed E-state index contributed by atoms with van der Waals surface area (Å²) in [7, 11) is -3.71. The normalized spacial score (nSPS) is 12.4. The van der Waals surface area contributed by atoms with Gasteiger partial charge in [0.05, 0.1) is 4.90 Å². The molecule has 2 nitrogen and oxygen atoms in total. The van der Waals surface area contributed by atoms with E-state index in [1.807, 2.05) is 0 Å². The van der Waals surface area contributed by atoms with Gasteiger partial charge in [-0.3, -0.25) is 0 Å². The number of hydrogen-bond donors (Lipinski definition) is 0. The molecule has 0 atom stereocenters. The zero-order chi connectivity index (χ0) is 13.9. The van der Waals surface area contributed by atoms with Gasteiger partial charge in [-0.1, -0.05) is 41.9 Å². The largest absolute Gasteiger partial charge is 0.218 e. The number of benzene rings is 2. The fourth-order valence-corrected chi connectivity index (χ4v) is 2.90. The van der Waals surface area contributed by atoms with Gasteiger partial charge in [-0.15, -0.1) is 0 Å². The van der Waals surface area contributed by atoms with Crippen LogP contribution in [0.1, 0.15) is 5.56 Å². The lowest BCUT2D eigenvalue weighted by molar-refractivity contribution is 0.604. The van der Waals surface area contributed by atoms with Crippen LogP contribution in [0.3, 0.4) is 0 Å². The van der Waals surface area contributed by atoms with E-state index in [0.717, 1.165) is 0 Å². The summed E-state index contributed by atoms with van der Waals surface area (Å²) in [6.45, 7) is 0. The maximum absolute atomic E-state index is 12.8. The summed E-state index contributed by atoms with van der Waals surface area (Å²) in [5.74, 6) is -0.390. The minimum Gasteiger partial charge on any atom is -0.218 e. The van der Waals surface area contributed by atoms with E-state index in [4.69, 9.17) is 11.6 Å². The molecule has 5 heteroatoms. The third kappa shape index (κ3) is 3.22. The third-order valence-electron chi connectivity index (χ3n) is 2.46. The molecule has 2 aromatic carbocycles. The number of hydrogen-bond acceptors (Lipinski definition) is 2. The van der Waals surface area contributed by atoms with Gasteiger partial charge in [0.15, 0.2) is 0 Å². The molecule has 2 rings (SSSR count). The summed E-state index contributed by atoms with van der Waals surface area (Å²) >= 11 is 5.86. The Morgan fingerprint density at radius 3 is 2.16 bits per heavy atom. The van der Waals surface area contributed by atoms with Gasteiger partial charge in [0.2, 0.25) is 9.84 Å². The van der Waals surface area contributed by atoms with Crippen LogP contribution >= 0.6 is 11.6 Å². The topological polar surface area (TPSA) is 34.1 Å². The minimum absolute atomic E-state index is 0.123. The molecule has 0 N–H and O–H groups in total. The Hall–Kier alpha value is -1.65. The lowest BCUT2D eigenvalue weighted by Gasteiger charge is -2.02. The van der Waals surface area contributed by atoms with E-state index in [-0.39, 0.29) is 15.1 Å². The Morgan fingerprint density at radius 2 is 1.58 bits per heavy atom. The van der Waals surface area contributed by atoms with Crippen molar-refractivity contribution in [3.63, 3.8) is 0 Å². The summed E-state index contributed by atoms with van der Waals surface area (Å²) < 4.78 is 36.7. The van der Waals surface area contributed by atoms with Crippen molar-refractivity contribution in [3.8, 4) is 0 Å².